The van der Waals surface area contributed by atoms with Crippen LogP contribution in [0.15, 0.2) is 85.1 Å². The number of urea groups is 1. The molecule has 0 unspecified atom stereocenters. The van der Waals surface area contributed by atoms with Gasteiger partial charge in [0.05, 0.1) is 12.2 Å². The number of H-pyrrole nitrogens is 1. The van der Waals surface area contributed by atoms with Gasteiger partial charge in [-0.1, -0.05) is 18.2 Å². The third-order valence-corrected chi connectivity index (χ3v) is 5.18. The number of ether oxygens (including phenoxy) is 2. The molecule has 1 heterocycles. The number of nitrogens with zero attached hydrogens (tertiary/aromatic N) is 2. The van der Waals surface area contributed by atoms with Gasteiger partial charge in [0.1, 0.15) is 29.7 Å². The molecule has 0 radical (unpaired) electrons. The minimum Gasteiger partial charge on any atom is -0.486 e. The Labute approximate surface area is 221 Å². The summed E-state index contributed by atoms with van der Waals surface area (Å²) in [5, 5.41) is 2.63. The molecule has 0 aliphatic heterocycles. The molecule has 2 N–H and O–H groups in total. The maximum Gasteiger partial charge on any atom is 0.493 e. The molecule has 39 heavy (non-hydrogen) atoms. The van der Waals surface area contributed by atoms with Crippen LogP contribution in [0.2, 0.25) is 0 Å². The summed E-state index contributed by atoms with van der Waals surface area (Å²) < 4.78 is 48.7. The van der Waals surface area contributed by atoms with E-state index in [1.54, 1.807) is 30.5 Å². The van der Waals surface area contributed by atoms with Crippen molar-refractivity contribution in [1.82, 2.24) is 15.0 Å². The van der Waals surface area contributed by atoms with Crippen molar-refractivity contribution in [2.24, 2.45) is 0 Å². The fraction of sp³-hybridized carbons (Fsp3) is 0.148. The average Bonchev–Trinajstić information content (AvgIpc) is 3.41. The van der Waals surface area contributed by atoms with Gasteiger partial charge in [-0.2, -0.15) is 18.2 Å². The van der Waals surface area contributed by atoms with Gasteiger partial charge in [-0.05, 0) is 67.6 Å². The molecule has 2 amide bonds. The van der Waals surface area contributed by atoms with Crippen LogP contribution in [0.4, 0.5) is 23.7 Å². The van der Waals surface area contributed by atoms with Crippen molar-refractivity contribution in [2.75, 3.05) is 11.9 Å². The molecular formula is C27H23F3N4O5. The summed E-state index contributed by atoms with van der Waals surface area (Å²) in [6.07, 6.45) is -3.43. The number of aromatic nitrogens is 2. The first kappa shape index (κ1) is 27.0. The van der Waals surface area contributed by atoms with E-state index in [2.05, 4.69) is 20.1 Å². The number of nitrogens with one attached hydrogen (secondary N) is 2. The largest absolute Gasteiger partial charge is 0.493 e. The summed E-state index contributed by atoms with van der Waals surface area (Å²) in [7, 11) is 0. The Morgan fingerprint density at radius 3 is 2.18 bits per heavy atom. The number of halogens is 3. The van der Waals surface area contributed by atoms with Gasteiger partial charge in [-0.3, -0.25) is 0 Å². The topological polar surface area (TPSA) is 106 Å². The Balaban J connectivity index is 1.30. The number of amides is 2. The van der Waals surface area contributed by atoms with E-state index in [4.69, 9.17) is 9.47 Å². The Morgan fingerprint density at radius 2 is 1.56 bits per heavy atom. The summed E-state index contributed by atoms with van der Waals surface area (Å²) >= 11 is 0. The highest BCUT2D eigenvalue weighted by Crippen LogP contribution is 2.26. The highest BCUT2D eigenvalue weighted by Gasteiger charge is 2.43. The molecule has 0 atom stereocenters. The minimum absolute atomic E-state index is 0.259. The van der Waals surface area contributed by atoms with Crippen molar-refractivity contribution in [3.05, 3.63) is 90.9 Å². The van der Waals surface area contributed by atoms with E-state index in [0.29, 0.717) is 23.9 Å². The predicted molar refractivity (Wildman–Crippen MR) is 135 cm³/mol. The van der Waals surface area contributed by atoms with E-state index in [1.807, 2.05) is 42.5 Å². The SMILES string of the molecule is CCN(OC(=O)C(F)(F)F)C(=O)Nc1ccc(Oc2ccc(-c3c[nH]c(COc4ccccc4)n3)cc2)cc1. The first-order valence-electron chi connectivity index (χ1n) is 11.7. The van der Waals surface area contributed by atoms with Gasteiger partial charge in [0.2, 0.25) is 0 Å². The monoisotopic (exact) mass is 540 g/mol. The predicted octanol–water partition coefficient (Wildman–Crippen LogP) is 6.32. The molecule has 3 aromatic carbocycles. The summed E-state index contributed by atoms with van der Waals surface area (Å²) in [6.45, 7) is 1.37. The van der Waals surface area contributed by atoms with E-state index in [0.717, 1.165) is 17.0 Å². The number of aromatic amines is 1. The summed E-state index contributed by atoms with van der Waals surface area (Å²) in [6, 6.07) is 21.8. The van der Waals surface area contributed by atoms with E-state index in [1.165, 1.54) is 19.1 Å². The zero-order chi connectivity index (χ0) is 27.8. The van der Waals surface area contributed by atoms with E-state index in [9.17, 15) is 22.8 Å². The first-order chi connectivity index (χ1) is 18.7. The highest BCUT2D eigenvalue weighted by molar-refractivity contribution is 5.90. The van der Waals surface area contributed by atoms with Crippen molar-refractivity contribution >= 4 is 17.7 Å². The molecule has 12 heteroatoms. The zero-order valence-electron chi connectivity index (χ0n) is 20.6. The quantitative estimate of drug-likeness (QED) is 0.253. The molecular weight excluding hydrogens is 517 g/mol. The van der Waals surface area contributed by atoms with Crippen LogP contribution in [-0.2, 0) is 16.2 Å². The van der Waals surface area contributed by atoms with Crippen LogP contribution in [0.25, 0.3) is 11.3 Å². The van der Waals surface area contributed by atoms with E-state index < -0.39 is 18.2 Å². The molecule has 0 saturated heterocycles. The van der Waals surface area contributed by atoms with Gasteiger partial charge in [-0.25, -0.2) is 14.6 Å². The maximum absolute atomic E-state index is 12.4. The number of hydrogen-bond acceptors (Lipinski definition) is 6. The van der Waals surface area contributed by atoms with E-state index >= 15 is 0 Å². The number of carbonyl (C=O) groups is 2. The van der Waals surface area contributed by atoms with Gasteiger partial charge in [0, 0.05) is 17.4 Å². The molecule has 9 nitrogen and oxygen atoms in total. The van der Waals surface area contributed by atoms with Crippen LogP contribution in [0, 0.1) is 0 Å². The second-order valence-corrected chi connectivity index (χ2v) is 7.99. The van der Waals surface area contributed by atoms with Gasteiger partial charge in [-0.15, -0.1) is 0 Å². The van der Waals surface area contributed by atoms with Crippen LogP contribution in [0.5, 0.6) is 17.2 Å². The van der Waals surface area contributed by atoms with E-state index in [-0.39, 0.29) is 17.3 Å². The number of imidazole rings is 1. The lowest BCUT2D eigenvalue weighted by atomic mass is 10.1. The standard InChI is InChI=1S/C27H23F3N4O5/c1-2-34(39-25(35)27(28,29)30)26(36)32-19-10-14-22(15-11-19)38-21-12-8-18(9-13-21)23-16-31-24(33-23)17-37-20-6-4-3-5-7-20/h3-16H,2,17H2,1H3,(H,31,33)(H,32,36). The molecule has 0 aliphatic rings. The molecule has 1 aromatic heterocycles. The number of hydrogen-bond donors (Lipinski definition) is 2. The van der Waals surface area contributed by atoms with Gasteiger partial charge in [0.15, 0.2) is 0 Å². The Hall–Kier alpha value is -5.00. The molecule has 0 bridgehead atoms. The second-order valence-electron chi connectivity index (χ2n) is 7.99. The van der Waals surface area contributed by atoms with Crippen molar-refractivity contribution in [3.63, 3.8) is 0 Å². The number of anilines is 1. The third kappa shape index (κ3) is 7.51. The Bertz CT molecular complexity index is 1390. The number of hydroxylamine groups is 2. The number of carbonyl (C=O) groups excluding carboxylic acids is 2. The lowest BCUT2D eigenvalue weighted by Gasteiger charge is -2.20. The zero-order valence-corrected chi connectivity index (χ0v) is 20.6. The number of rotatable bonds is 8. The summed E-state index contributed by atoms with van der Waals surface area (Å²) in [5.41, 5.74) is 1.87. The number of para-hydroxylation sites is 1. The average molecular weight is 540 g/mol. The molecule has 0 aliphatic carbocycles. The Morgan fingerprint density at radius 1 is 0.923 bits per heavy atom. The van der Waals surface area contributed by atoms with Crippen molar-refractivity contribution in [1.29, 1.82) is 0 Å². The fourth-order valence-electron chi connectivity index (χ4n) is 3.28. The van der Waals surface area contributed by atoms with Crippen LogP contribution >= 0.6 is 0 Å². The molecule has 0 fully saturated rings. The number of alkyl halides is 3. The smallest absolute Gasteiger partial charge is 0.486 e. The van der Waals surface area contributed by atoms with Crippen LogP contribution in [0.1, 0.15) is 12.7 Å². The van der Waals surface area contributed by atoms with Gasteiger partial charge < -0.3 is 24.6 Å². The van der Waals surface area contributed by atoms with Crippen molar-refractivity contribution in [2.45, 2.75) is 19.7 Å². The van der Waals surface area contributed by atoms with Gasteiger partial charge in [0.25, 0.3) is 0 Å². The lowest BCUT2D eigenvalue weighted by molar-refractivity contribution is -0.226. The van der Waals surface area contributed by atoms with Crippen molar-refractivity contribution < 1.29 is 37.1 Å². The van der Waals surface area contributed by atoms with Gasteiger partial charge >= 0.3 is 18.2 Å². The molecule has 0 saturated carbocycles. The summed E-state index contributed by atoms with van der Waals surface area (Å²) in [4.78, 5) is 34.9. The highest BCUT2D eigenvalue weighted by atomic mass is 19.4. The van der Waals surface area contributed by atoms with Crippen LogP contribution < -0.4 is 14.8 Å². The first-order valence-corrected chi connectivity index (χ1v) is 11.7. The lowest BCUT2D eigenvalue weighted by Crippen LogP contribution is -2.40. The number of benzene rings is 3. The molecule has 0 spiro atoms. The third-order valence-electron chi connectivity index (χ3n) is 5.18. The Kier molecular flexibility index (Phi) is 8.34. The maximum atomic E-state index is 12.4. The second kappa shape index (κ2) is 12.0. The minimum atomic E-state index is -5.22. The fourth-order valence-corrected chi connectivity index (χ4v) is 3.28. The van der Waals surface area contributed by atoms with Crippen molar-refractivity contribution in [3.8, 4) is 28.5 Å². The molecule has 4 rings (SSSR count). The molecule has 202 valence electrons. The van der Waals surface area contributed by atoms with Crippen LogP contribution in [0.3, 0.4) is 0 Å². The normalized spacial score (nSPS) is 11.0. The molecule has 4 aromatic rings. The van der Waals surface area contributed by atoms with Crippen LogP contribution in [-0.4, -0.2) is 39.8 Å². The summed E-state index contributed by atoms with van der Waals surface area (Å²) in [5.74, 6) is -0.0469.